The van der Waals surface area contributed by atoms with E-state index in [0.717, 1.165) is 24.0 Å². The van der Waals surface area contributed by atoms with Gasteiger partial charge in [0.15, 0.2) is 0 Å². The summed E-state index contributed by atoms with van der Waals surface area (Å²) in [7, 11) is 0. The van der Waals surface area contributed by atoms with Crippen molar-refractivity contribution in [3.8, 4) is 5.75 Å². The summed E-state index contributed by atoms with van der Waals surface area (Å²) < 4.78 is 5.81. The molecule has 0 bridgehead atoms. The number of amides is 1. The maximum absolute atomic E-state index is 13.3. The molecule has 0 saturated carbocycles. The van der Waals surface area contributed by atoms with E-state index in [1.165, 1.54) is 4.90 Å². The van der Waals surface area contributed by atoms with Crippen molar-refractivity contribution in [1.82, 2.24) is 9.88 Å². The molecule has 1 atom stereocenters. The Labute approximate surface area is 220 Å². The summed E-state index contributed by atoms with van der Waals surface area (Å²) >= 11 is 12.4. The lowest BCUT2D eigenvalue weighted by Gasteiger charge is -2.25. The molecule has 1 aromatic heterocycles. The van der Waals surface area contributed by atoms with E-state index < -0.39 is 17.7 Å². The van der Waals surface area contributed by atoms with Gasteiger partial charge in [-0.1, -0.05) is 48.7 Å². The fourth-order valence-corrected chi connectivity index (χ4v) is 4.51. The molecule has 1 saturated heterocycles. The molecular weight excluding hydrogens is 499 g/mol. The summed E-state index contributed by atoms with van der Waals surface area (Å²) in [6.07, 6.45) is 5.22. The summed E-state index contributed by atoms with van der Waals surface area (Å²) in [5, 5.41) is 12.0. The molecule has 8 heteroatoms. The van der Waals surface area contributed by atoms with Crippen LogP contribution in [0.15, 0.2) is 66.5 Å². The molecule has 0 spiro atoms. The fraction of sp³-hybridized carbons (Fsp3) is 0.250. The van der Waals surface area contributed by atoms with Crippen LogP contribution in [-0.2, 0) is 16.1 Å². The summed E-state index contributed by atoms with van der Waals surface area (Å²) in [6.45, 7) is 4.68. The highest BCUT2D eigenvalue weighted by Crippen LogP contribution is 2.42. The highest BCUT2D eigenvalue weighted by atomic mass is 35.5. The highest BCUT2D eigenvalue weighted by molar-refractivity contribution is 6.46. The van der Waals surface area contributed by atoms with Crippen molar-refractivity contribution in [2.75, 3.05) is 6.61 Å². The van der Waals surface area contributed by atoms with E-state index in [1.54, 1.807) is 54.9 Å². The number of nitrogens with zero attached hydrogens (tertiary/aromatic N) is 2. The van der Waals surface area contributed by atoms with Crippen LogP contribution in [0, 0.1) is 6.92 Å². The molecule has 6 nitrogen and oxygen atoms in total. The Morgan fingerprint density at radius 3 is 2.58 bits per heavy atom. The largest absolute Gasteiger partial charge is 0.507 e. The third kappa shape index (κ3) is 5.25. The Kier molecular flexibility index (Phi) is 7.97. The predicted molar refractivity (Wildman–Crippen MR) is 140 cm³/mol. The Balaban J connectivity index is 1.80. The lowest BCUT2D eigenvalue weighted by Crippen LogP contribution is -2.29. The number of carbonyl (C=O) groups is 2. The first-order valence-corrected chi connectivity index (χ1v) is 12.4. The van der Waals surface area contributed by atoms with Crippen LogP contribution in [0.4, 0.5) is 0 Å². The number of hydrogen-bond donors (Lipinski definition) is 1. The Bertz CT molecular complexity index is 1320. The van der Waals surface area contributed by atoms with Crippen molar-refractivity contribution < 1.29 is 19.4 Å². The van der Waals surface area contributed by atoms with Gasteiger partial charge in [0.05, 0.1) is 28.3 Å². The summed E-state index contributed by atoms with van der Waals surface area (Å²) in [5.41, 5.74) is 2.52. The number of carbonyl (C=O) groups excluding carboxylic acids is 2. The first kappa shape index (κ1) is 25.7. The van der Waals surface area contributed by atoms with Crippen LogP contribution in [-0.4, -0.2) is 33.3 Å². The lowest BCUT2D eigenvalue weighted by atomic mass is 9.94. The van der Waals surface area contributed by atoms with Crippen molar-refractivity contribution in [3.05, 3.63) is 98.8 Å². The molecular formula is C28H26Cl2N2O4. The van der Waals surface area contributed by atoms with Gasteiger partial charge in [0.2, 0.25) is 0 Å². The van der Waals surface area contributed by atoms with Crippen molar-refractivity contribution in [1.29, 1.82) is 0 Å². The average molecular weight is 525 g/mol. The Morgan fingerprint density at radius 2 is 1.92 bits per heavy atom. The predicted octanol–water partition coefficient (Wildman–Crippen LogP) is 6.50. The fourth-order valence-electron chi connectivity index (χ4n) is 4.20. The van der Waals surface area contributed by atoms with Crippen molar-refractivity contribution in [2.45, 2.75) is 39.3 Å². The molecule has 3 aromatic rings. The number of aliphatic hydroxyl groups excluding tert-OH is 1. The van der Waals surface area contributed by atoms with Gasteiger partial charge in [-0.3, -0.25) is 14.6 Å². The number of benzene rings is 2. The molecule has 1 aliphatic rings. The second kappa shape index (κ2) is 11.1. The van der Waals surface area contributed by atoms with Gasteiger partial charge in [-0.25, -0.2) is 0 Å². The topological polar surface area (TPSA) is 79.7 Å². The Morgan fingerprint density at radius 1 is 1.11 bits per heavy atom. The molecule has 1 N–H and O–H groups in total. The van der Waals surface area contributed by atoms with Gasteiger partial charge in [0, 0.05) is 24.5 Å². The van der Waals surface area contributed by atoms with Crippen LogP contribution in [0.2, 0.25) is 10.0 Å². The number of halogens is 2. The molecule has 1 amide bonds. The van der Waals surface area contributed by atoms with Crippen LogP contribution in [0.25, 0.3) is 5.76 Å². The van der Waals surface area contributed by atoms with E-state index >= 15 is 0 Å². The van der Waals surface area contributed by atoms with Crippen LogP contribution in [0.3, 0.4) is 0 Å². The van der Waals surface area contributed by atoms with Gasteiger partial charge < -0.3 is 14.7 Å². The molecule has 1 aliphatic heterocycles. The number of pyridine rings is 1. The van der Waals surface area contributed by atoms with Crippen LogP contribution in [0.1, 0.15) is 48.1 Å². The first-order valence-electron chi connectivity index (χ1n) is 11.7. The zero-order valence-corrected chi connectivity index (χ0v) is 21.5. The van der Waals surface area contributed by atoms with Crippen LogP contribution >= 0.6 is 23.2 Å². The number of ketones is 1. The number of unbranched alkanes of at least 4 members (excludes halogenated alkanes) is 1. The number of rotatable bonds is 8. The molecule has 4 rings (SSSR count). The van der Waals surface area contributed by atoms with E-state index in [-0.39, 0.29) is 22.9 Å². The summed E-state index contributed by atoms with van der Waals surface area (Å²) in [4.78, 5) is 32.0. The zero-order valence-electron chi connectivity index (χ0n) is 20.0. The van der Waals surface area contributed by atoms with Gasteiger partial charge in [-0.05, 0) is 66.4 Å². The smallest absolute Gasteiger partial charge is 0.295 e. The molecule has 186 valence electrons. The minimum Gasteiger partial charge on any atom is -0.507 e. The van der Waals surface area contributed by atoms with Crippen molar-refractivity contribution >= 4 is 40.7 Å². The van der Waals surface area contributed by atoms with Crippen molar-refractivity contribution in [2.24, 2.45) is 0 Å². The minimum atomic E-state index is -0.860. The standard InChI is InChI=1S/C28H26Cl2N2O4/c1-3-4-12-36-23-10-8-20(13-17(23)2)26(33)24-25(19-7-9-21(29)22(30)14-19)32(28(35)27(24)34)16-18-6-5-11-31-15-18/h5-11,13-15,25,33H,3-4,12,16H2,1-2H3/b26-24+/t25-/m0/s1. The lowest BCUT2D eigenvalue weighted by molar-refractivity contribution is -0.140. The molecule has 0 radical (unpaired) electrons. The maximum Gasteiger partial charge on any atom is 0.295 e. The quantitative estimate of drug-likeness (QED) is 0.157. The van der Waals surface area contributed by atoms with E-state index in [2.05, 4.69) is 11.9 Å². The van der Waals surface area contributed by atoms with Gasteiger partial charge in [0.25, 0.3) is 11.7 Å². The van der Waals surface area contributed by atoms with E-state index in [9.17, 15) is 14.7 Å². The highest BCUT2D eigenvalue weighted by Gasteiger charge is 2.46. The molecule has 0 aliphatic carbocycles. The molecule has 2 heterocycles. The average Bonchev–Trinajstić information content (AvgIpc) is 3.12. The van der Waals surface area contributed by atoms with Crippen LogP contribution in [0.5, 0.6) is 5.75 Å². The van der Waals surface area contributed by atoms with Gasteiger partial charge >= 0.3 is 0 Å². The molecule has 2 aromatic carbocycles. The second-order valence-electron chi connectivity index (χ2n) is 8.64. The van der Waals surface area contributed by atoms with E-state index in [0.29, 0.717) is 28.5 Å². The maximum atomic E-state index is 13.3. The zero-order chi connectivity index (χ0) is 25.8. The summed E-state index contributed by atoms with van der Waals surface area (Å²) in [5.74, 6) is -1.04. The molecule has 0 unspecified atom stereocenters. The number of Topliss-reactive ketones (excluding diaryl/α,β-unsaturated/α-hetero) is 1. The number of ether oxygens (including phenoxy) is 1. The first-order chi connectivity index (χ1) is 17.3. The third-order valence-electron chi connectivity index (χ3n) is 6.08. The van der Waals surface area contributed by atoms with Crippen molar-refractivity contribution in [3.63, 3.8) is 0 Å². The van der Waals surface area contributed by atoms with E-state index in [4.69, 9.17) is 27.9 Å². The van der Waals surface area contributed by atoms with E-state index in [1.807, 2.05) is 13.0 Å². The van der Waals surface area contributed by atoms with Gasteiger partial charge in [-0.15, -0.1) is 0 Å². The number of aryl methyl sites for hydroxylation is 1. The van der Waals surface area contributed by atoms with Gasteiger partial charge in [-0.2, -0.15) is 0 Å². The van der Waals surface area contributed by atoms with Crippen LogP contribution < -0.4 is 4.74 Å². The third-order valence-corrected chi connectivity index (χ3v) is 6.82. The molecule has 36 heavy (non-hydrogen) atoms. The molecule has 1 fully saturated rings. The number of likely N-dealkylation sites (tertiary alicyclic amines) is 1. The number of aromatic nitrogens is 1. The Hall–Kier alpha value is -3.35. The second-order valence-corrected chi connectivity index (χ2v) is 9.46. The van der Waals surface area contributed by atoms with Gasteiger partial charge in [0.1, 0.15) is 11.5 Å². The minimum absolute atomic E-state index is 0.0127. The number of hydrogen-bond acceptors (Lipinski definition) is 5. The summed E-state index contributed by atoms with van der Waals surface area (Å²) in [6, 6.07) is 12.8. The normalized spacial score (nSPS) is 17.0. The SMILES string of the molecule is CCCCOc1ccc(/C(O)=C2\C(=O)C(=O)N(Cc3cccnc3)[C@H]2c2ccc(Cl)c(Cl)c2)cc1C. The monoisotopic (exact) mass is 524 g/mol. The number of aliphatic hydroxyl groups is 1.